The molecule has 0 spiro atoms. The summed E-state index contributed by atoms with van der Waals surface area (Å²) in [5, 5.41) is 0. The van der Waals surface area contributed by atoms with Gasteiger partial charge in [-0.1, -0.05) is 29.8 Å². The average Bonchev–Trinajstić information content (AvgIpc) is 3.52. The summed E-state index contributed by atoms with van der Waals surface area (Å²) >= 11 is 2.10. The van der Waals surface area contributed by atoms with Gasteiger partial charge in [-0.05, 0) is 101 Å². The Kier molecular flexibility index (Phi) is 6.40. The molecule has 0 saturated carbocycles. The van der Waals surface area contributed by atoms with Crippen LogP contribution in [0.1, 0.15) is 16.7 Å². The second kappa shape index (κ2) is 9.61. The van der Waals surface area contributed by atoms with Crippen LogP contribution in [-0.2, 0) is 5.41 Å². The summed E-state index contributed by atoms with van der Waals surface area (Å²) in [6, 6.07) is 19.2. The van der Waals surface area contributed by atoms with E-state index in [-0.39, 0.29) is 34.0 Å². The van der Waals surface area contributed by atoms with Gasteiger partial charge in [-0.2, -0.15) is 26.3 Å². The summed E-state index contributed by atoms with van der Waals surface area (Å²) in [5.74, 6) is 0.153. The normalized spacial score (nSPS) is 12.9. The van der Waals surface area contributed by atoms with Crippen LogP contribution < -0.4 is 0 Å². The summed E-state index contributed by atoms with van der Waals surface area (Å²) in [7, 11) is 0. The molecular formula is C30H17F6IN2O2. The van der Waals surface area contributed by atoms with Crippen LogP contribution in [0.5, 0.6) is 0 Å². The number of hydrogen-bond donors (Lipinski definition) is 0. The minimum atomic E-state index is -5.78. The summed E-state index contributed by atoms with van der Waals surface area (Å²) in [6.45, 7) is 1.87. The van der Waals surface area contributed by atoms with Crippen LogP contribution in [0.15, 0.2) is 93.8 Å². The molecule has 0 N–H and O–H groups in total. The predicted octanol–water partition coefficient (Wildman–Crippen LogP) is 9.63. The molecule has 0 aliphatic carbocycles. The molecule has 0 radical (unpaired) electrons. The molecule has 11 heteroatoms. The van der Waals surface area contributed by atoms with Crippen molar-refractivity contribution in [1.82, 2.24) is 9.97 Å². The van der Waals surface area contributed by atoms with Gasteiger partial charge in [-0.15, -0.1) is 0 Å². The number of benzene rings is 4. The predicted molar refractivity (Wildman–Crippen MR) is 149 cm³/mol. The Bertz CT molecular complexity index is 1750. The molecule has 0 unspecified atom stereocenters. The second-order valence-corrected chi connectivity index (χ2v) is 10.8. The first kappa shape index (κ1) is 27.3. The fraction of sp³-hybridized carbons (Fsp3) is 0.133. The smallest absolute Gasteiger partial charge is 0.411 e. The monoisotopic (exact) mass is 678 g/mol. The van der Waals surface area contributed by atoms with Gasteiger partial charge in [0.1, 0.15) is 11.0 Å². The van der Waals surface area contributed by atoms with E-state index in [9.17, 15) is 26.3 Å². The van der Waals surface area contributed by atoms with Gasteiger partial charge in [-0.25, -0.2) is 9.97 Å². The van der Waals surface area contributed by atoms with Crippen molar-refractivity contribution in [2.45, 2.75) is 24.7 Å². The third-order valence-electron chi connectivity index (χ3n) is 6.88. The Morgan fingerprint density at radius 3 is 1.41 bits per heavy atom. The van der Waals surface area contributed by atoms with Gasteiger partial charge in [-0.3, -0.25) is 0 Å². The summed E-state index contributed by atoms with van der Waals surface area (Å²) in [4.78, 5) is 8.41. The molecule has 2 aromatic heterocycles. The Hall–Kier alpha value is -3.87. The topological polar surface area (TPSA) is 52.1 Å². The molecule has 4 nitrogen and oxygen atoms in total. The van der Waals surface area contributed by atoms with Gasteiger partial charge in [0, 0.05) is 14.7 Å². The van der Waals surface area contributed by atoms with Crippen LogP contribution >= 0.6 is 22.6 Å². The zero-order valence-corrected chi connectivity index (χ0v) is 23.1. The molecule has 0 bridgehead atoms. The Labute approximate surface area is 242 Å². The molecule has 4 aromatic carbocycles. The molecule has 208 valence electrons. The first-order chi connectivity index (χ1) is 19.4. The minimum absolute atomic E-state index is 0.0511. The fourth-order valence-electron chi connectivity index (χ4n) is 4.84. The summed E-state index contributed by atoms with van der Waals surface area (Å²) < 4.78 is 101. The van der Waals surface area contributed by atoms with Crippen LogP contribution in [0.2, 0.25) is 0 Å². The SMILES string of the molecule is Cc1ccc(-c2nc3cc(C(c4ccc5oc(-c6ccc(I)cc6)nc5c4)(C(F)(F)F)C(F)(F)F)ccc3o2)cc1. The standard InChI is InChI=1S/C30H17F6IN2O2/c1-16-2-4-17(5-3-16)26-38-22-14-19(8-12-24(22)40-26)28(29(31,32)33,30(34,35)36)20-9-13-25-23(15-20)39-27(41-25)18-6-10-21(37)11-7-18/h2-15H,1H3. The number of hydrogen-bond acceptors (Lipinski definition) is 4. The molecule has 0 saturated heterocycles. The summed E-state index contributed by atoms with van der Waals surface area (Å²) in [6.07, 6.45) is -11.6. The maximum atomic E-state index is 14.9. The van der Waals surface area contributed by atoms with Crippen molar-refractivity contribution in [3.05, 3.63) is 105 Å². The van der Waals surface area contributed by atoms with E-state index >= 15 is 0 Å². The van der Waals surface area contributed by atoms with Crippen LogP contribution in [0.4, 0.5) is 26.3 Å². The van der Waals surface area contributed by atoms with E-state index in [1.165, 1.54) is 0 Å². The summed E-state index contributed by atoms with van der Waals surface area (Å²) in [5.41, 5.74) is -4.63. The van der Waals surface area contributed by atoms with Crippen molar-refractivity contribution in [3.63, 3.8) is 0 Å². The maximum absolute atomic E-state index is 14.9. The number of aryl methyl sites for hydroxylation is 1. The lowest BCUT2D eigenvalue weighted by molar-refractivity contribution is -0.288. The van der Waals surface area contributed by atoms with Crippen LogP contribution in [0, 0.1) is 10.5 Å². The second-order valence-electron chi connectivity index (χ2n) is 9.52. The highest BCUT2D eigenvalue weighted by atomic mass is 127. The van der Waals surface area contributed by atoms with Gasteiger partial charge >= 0.3 is 12.4 Å². The number of rotatable bonds is 4. The van der Waals surface area contributed by atoms with Crippen LogP contribution in [0.3, 0.4) is 0 Å². The quantitative estimate of drug-likeness (QED) is 0.138. The number of aromatic nitrogens is 2. The number of halogens is 7. The molecule has 2 heterocycles. The zero-order chi connectivity index (χ0) is 29.2. The van der Waals surface area contributed by atoms with Gasteiger partial charge < -0.3 is 8.83 Å². The van der Waals surface area contributed by atoms with Gasteiger partial charge in [0.25, 0.3) is 0 Å². The lowest BCUT2D eigenvalue weighted by Gasteiger charge is -2.38. The van der Waals surface area contributed by atoms with E-state index in [2.05, 4.69) is 32.6 Å². The van der Waals surface area contributed by atoms with Crippen molar-refractivity contribution >= 4 is 44.8 Å². The third kappa shape index (κ3) is 4.55. The van der Waals surface area contributed by atoms with Gasteiger partial charge in [0.2, 0.25) is 17.2 Å². The lowest BCUT2D eigenvalue weighted by atomic mass is 9.72. The van der Waals surface area contributed by atoms with E-state index in [4.69, 9.17) is 8.83 Å². The fourth-order valence-corrected chi connectivity index (χ4v) is 5.20. The number of oxazole rings is 2. The Morgan fingerprint density at radius 2 is 1.00 bits per heavy atom. The highest BCUT2D eigenvalue weighted by Gasteiger charge is 2.72. The van der Waals surface area contributed by atoms with Crippen molar-refractivity contribution in [3.8, 4) is 22.9 Å². The number of fused-ring (bicyclic) bond motifs is 2. The maximum Gasteiger partial charge on any atom is 0.411 e. The van der Waals surface area contributed by atoms with E-state index in [0.29, 0.717) is 11.1 Å². The van der Waals surface area contributed by atoms with Crippen LogP contribution in [-0.4, -0.2) is 22.3 Å². The van der Waals surface area contributed by atoms with Crippen molar-refractivity contribution in [1.29, 1.82) is 0 Å². The third-order valence-corrected chi connectivity index (χ3v) is 7.60. The molecule has 0 fully saturated rings. The Balaban J connectivity index is 1.53. The lowest BCUT2D eigenvalue weighted by Crippen LogP contribution is -2.54. The molecule has 0 aliphatic rings. The molecular weight excluding hydrogens is 661 g/mol. The molecule has 0 amide bonds. The van der Waals surface area contributed by atoms with E-state index in [1.54, 1.807) is 48.5 Å². The number of nitrogens with zero attached hydrogens (tertiary/aromatic N) is 2. The highest BCUT2D eigenvalue weighted by Crippen LogP contribution is 2.56. The van der Waals surface area contributed by atoms with E-state index in [0.717, 1.165) is 45.5 Å². The molecule has 0 atom stereocenters. The van der Waals surface area contributed by atoms with E-state index < -0.39 is 28.9 Å². The highest BCUT2D eigenvalue weighted by molar-refractivity contribution is 14.1. The van der Waals surface area contributed by atoms with Crippen molar-refractivity contribution < 1.29 is 35.2 Å². The number of alkyl halides is 6. The average molecular weight is 678 g/mol. The Morgan fingerprint density at radius 1 is 0.585 bits per heavy atom. The van der Waals surface area contributed by atoms with Crippen molar-refractivity contribution in [2.24, 2.45) is 0 Å². The largest absolute Gasteiger partial charge is 0.436 e. The first-order valence-electron chi connectivity index (χ1n) is 12.2. The molecule has 0 aliphatic heterocycles. The van der Waals surface area contributed by atoms with Crippen molar-refractivity contribution in [2.75, 3.05) is 0 Å². The van der Waals surface area contributed by atoms with Gasteiger partial charge in [0.05, 0.1) is 0 Å². The van der Waals surface area contributed by atoms with Gasteiger partial charge in [0.15, 0.2) is 11.2 Å². The molecule has 6 rings (SSSR count). The van der Waals surface area contributed by atoms with E-state index in [1.807, 2.05) is 6.92 Å². The zero-order valence-electron chi connectivity index (χ0n) is 20.9. The van der Waals surface area contributed by atoms with Crippen LogP contribution in [0.25, 0.3) is 45.1 Å². The minimum Gasteiger partial charge on any atom is -0.436 e. The molecule has 6 aromatic rings. The molecule has 41 heavy (non-hydrogen) atoms. The first-order valence-corrected chi connectivity index (χ1v) is 13.2.